The number of aliphatic imine (C=N–C) groups is 2. The van der Waals surface area contributed by atoms with E-state index in [0.717, 1.165) is 24.3 Å². The van der Waals surface area contributed by atoms with Crippen molar-refractivity contribution < 1.29 is 28.5 Å². The van der Waals surface area contributed by atoms with Crippen molar-refractivity contribution in [3.8, 4) is 23.0 Å². The van der Waals surface area contributed by atoms with Crippen molar-refractivity contribution in [2.75, 3.05) is 13.2 Å². The molecule has 0 fully saturated rings. The highest BCUT2D eigenvalue weighted by Gasteiger charge is 2.10. The maximum Gasteiger partial charge on any atom is 0.343 e. The number of unbranched alkanes of at least 4 members (excludes halogenated alkanes) is 10. The summed E-state index contributed by atoms with van der Waals surface area (Å²) in [7, 11) is 0. The predicted octanol–water partition coefficient (Wildman–Crippen LogP) is 11.7. The second kappa shape index (κ2) is 23.3. The quantitative estimate of drug-likeness (QED) is 0.0330. The highest BCUT2D eigenvalue weighted by atomic mass is 16.5. The minimum Gasteiger partial charge on any atom is -0.494 e. The monoisotopic (exact) mass is 704 g/mol. The summed E-state index contributed by atoms with van der Waals surface area (Å²) in [4.78, 5) is 34.0. The van der Waals surface area contributed by atoms with E-state index in [9.17, 15) is 9.59 Å². The first-order valence-electron chi connectivity index (χ1n) is 18.7. The van der Waals surface area contributed by atoms with Crippen LogP contribution < -0.4 is 18.9 Å². The molecule has 0 unspecified atom stereocenters. The van der Waals surface area contributed by atoms with Crippen LogP contribution >= 0.6 is 0 Å². The van der Waals surface area contributed by atoms with Crippen LogP contribution in [0.3, 0.4) is 0 Å². The standard InChI is InChI=1S/C44H52N2O6/c1-3-5-7-9-11-13-33-49-39-23-15-35(16-24-39)43(47)51-41-27-19-37(20-28-41)45-31-32-46-38-21-29-42(30-22-38)52-44(48)36-17-25-40(26-18-36)50-34-14-12-10-8-6-4-2/h15-32H,3-14,33-34H2,1-2H3. The summed E-state index contributed by atoms with van der Waals surface area (Å²) in [6, 6.07) is 27.8. The molecule has 0 saturated carbocycles. The lowest BCUT2D eigenvalue weighted by molar-refractivity contribution is 0.0725. The number of hydrogen-bond acceptors (Lipinski definition) is 8. The van der Waals surface area contributed by atoms with Crippen LogP contribution in [-0.4, -0.2) is 37.6 Å². The highest BCUT2D eigenvalue weighted by molar-refractivity contribution is 6.17. The summed E-state index contributed by atoms with van der Waals surface area (Å²) in [5.74, 6) is 1.46. The zero-order chi connectivity index (χ0) is 36.6. The number of carbonyl (C=O) groups is 2. The van der Waals surface area contributed by atoms with Crippen LogP contribution in [0.2, 0.25) is 0 Å². The Bertz CT molecular complexity index is 1540. The molecule has 4 aromatic rings. The Hall–Kier alpha value is -5.24. The zero-order valence-corrected chi connectivity index (χ0v) is 30.6. The molecule has 8 heteroatoms. The molecular weight excluding hydrogens is 652 g/mol. The Kier molecular flexibility index (Phi) is 17.7. The molecule has 0 atom stereocenters. The van der Waals surface area contributed by atoms with Gasteiger partial charge in [-0.2, -0.15) is 0 Å². The van der Waals surface area contributed by atoms with Crippen LogP contribution in [0.25, 0.3) is 0 Å². The van der Waals surface area contributed by atoms with Gasteiger partial charge in [-0.05, 0) is 110 Å². The van der Waals surface area contributed by atoms with Gasteiger partial charge in [0.05, 0.1) is 35.7 Å². The SMILES string of the molecule is CCCCCCCCOc1ccc(C(=O)Oc2ccc(N=CC=Nc3ccc(OC(=O)c4ccc(OCCCCCCCC)cc4)cc3)cc2)cc1. The van der Waals surface area contributed by atoms with Gasteiger partial charge in [0.25, 0.3) is 0 Å². The minimum absolute atomic E-state index is 0.423. The third kappa shape index (κ3) is 14.9. The van der Waals surface area contributed by atoms with Crippen LogP contribution in [0.5, 0.6) is 23.0 Å². The number of nitrogens with zero attached hydrogens (tertiary/aromatic N) is 2. The van der Waals surface area contributed by atoms with Gasteiger partial charge in [0.2, 0.25) is 0 Å². The van der Waals surface area contributed by atoms with Crippen LogP contribution in [0, 0.1) is 0 Å². The molecule has 0 amide bonds. The van der Waals surface area contributed by atoms with Gasteiger partial charge >= 0.3 is 11.9 Å². The molecule has 0 bridgehead atoms. The van der Waals surface area contributed by atoms with Crippen LogP contribution in [-0.2, 0) is 0 Å². The first-order valence-corrected chi connectivity index (χ1v) is 18.7. The Labute approximate surface area is 308 Å². The number of benzene rings is 4. The molecule has 0 spiro atoms. The van der Waals surface area contributed by atoms with Crippen LogP contribution in [0.15, 0.2) is 107 Å². The van der Waals surface area contributed by atoms with E-state index in [-0.39, 0.29) is 0 Å². The zero-order valence-electron chi connectivity index (χ0n) is 30.6. The van der Waals surface area contributed by atoms with E-state index in [2.05, 4.69) is 23.8 Å². The van der Waals surface area contributed by atoms with Crippen molar-refractivity contribution in [1.29, 1.82) is 0 Å². The fourth-order valence-electron chi connectivity index (χ4n) is 5.29. The molecule has 4 aromatic carbocycles. The van der Waals surface area contributed by atoms with Gasteiger partial charge in [0.1, 0.15) is 23.0 Å². The Morgan fingerprint density at radius 1 is 0.442 bits per heavy atom. The second-order valence-electron chi connectivity index (χ2n) is 12.6. The summed E-state index contributed by atoms with van der Waals surface area (Å²) >= 11 is 0. The fraction of sp³-hybridized carbons (Fsp3) is 0.364. The third-order valence-electron chi connectivity index (χ3n) is 8.32. The molecule has 52 heavy (non-hydrogen) atoms. The van der Waals surface area contributed by atoms with Gasteiger partial charge in [0, 0.05) is 12.4 Å². The number of ether oxygens (including phenoxy) is 4. The molecule has 0 aliphatic heterocycles. The van der Waals surface area contributed by atoms with E-state index in [1.165, 1.54) is 64.2 Å². The van der Waals surface area contributed by atoms with Crippen molar-refractivity contribution in [2.45, 2.75) is 90.9 Å². The minimum atomic E-state index is -0.440. The largest absolute Gasteiger partial charge is 0.494 e. The topological polar surface area (TPSA) is 95.8 Å². The molecule has 0 saturated heterocycles. The highest BCUT2D eigenvalue weighted by Crippen LogP contribution is 2.22. The van der Waals surface area contributed by atoms with Gasteiger partial charge in [-0.25, -0.2) is 9.59 Å². The Balaban J connectivity index is 1.14. The van der Waals surface area contributed by atoms with Gasteiger partial charge in [-0.1, -0.05) is 78.1 Å². The summed E-state index contributed by atoms with van der Waals surface area (Å²) in [6.07, 6.45) is 17.7. The van der Waals surface area contributed by atoms with E-state index in [1.54, 1.807) is 109 Å². The predicted molar refractivity (Wildman–Crippen MR) is 210 cm³/mol. The molecule has 0 aliphatic rings. The van der Waals surface area contributed by atoms with E-state index >= 15 is 0 Å². The maximum atomic E-state index is 12.6. The molecule has 0 aromatic heterocycles. The van der Waals surface area contributed by atoms with Crippen molar-refractivity contribution >= 4 is 35.7 Å². The smallest absolute Gasteiger partial charge is 0.343 e. The van der Waals surface area contributed by atoms with Crippen molar-refractivity contribution in [1.82, 2.24) is 0 Å². The van der Waals surface area contributed by atoms with E-state index < -0.39 is 11.9 Å². The van der Waals surface area contributed by atoms with Gasteiger partial charge in [-0.15, -0.1) is 0 Å². The third-order valence-corrected chi connectivity index (χ3v) is 8.32. The molecule has 4 rings (SSSR count). The van der Waals surface area contributed by atoms with E-state index in [4.69, 9.17) is 18.9 Å². The average molecular weight is 705 g/mol. The summed E-state index contributed by atoms with van der Waals surface area (Å²) < 4.78 is 22.6. The number of carbonyl (C=O) groups excluding carboxylic acids is 2. The van der Waals surface area contributed by atoms with Crippen LogP contribution in [0.4, 0.5) is 11.4 Å². The molecule has 8 nitrogen and oxygen atoms in total. The van der Waals surface area contributed by atoms with Crippen molar-refractivity contribution in [2.24, 2.45) is 9.98 Å². The van der Waals surface area contributed by atoms with Crippen molar-refractivity contribution in [3.63, 3.8) is 0 Å². The number of hydrogen-bond donors (Lipinski definition) is 0. The first-order chi connectivity index (χ1) is 25.5. The number of esters is 2. The van der Waals surface area contributed by atoms with Crippen LogP contribution in [0.1, 0.15) is 112 Å². The lowest BCUT2D eigenvalue weighted by atomic mass is 10.1. The molecule has 0 heterocycles. The average Bonchev–Trinajstić information content (AvgIpc) is 3.17. The Morgan fingerprint density at radius 2 is 0.769 bits per heavy atom. The summed E-state index contributed by atoms with van der Waals surface area (Å²) in [5.41, 5.74) is 2.26. The molecule has 0 N–H and O–H groups in total. The molecule has 0 aliphatic carbocycles. The van der Waals surface area contributed by atoms with Gasteiger partial charge in [0.15, 0.2) is 0 Å². The molecule has 0 radical (unpaired) electrons. The first kappa shape index (κ1) is 39.5. The van der Waals surface area contributed by atoms with E-state index in [1.807, 2.05) is 0 Å². The molecular formula is C44H52N2O6. The van der Waals surface area contributed by atoms with Crippen molar-refractivity contribution in [3.05, 3.63) is 108 Å². The normalized spacial score (nSPS) is 11.2. The fourth-order valence-corrected chi connectivity index (χ4v) is 5.29. The van der Waals surface area contributed by atoms with E-state index in [0.29, 0.717) is 47.2 Å². The molecule has 274 valence electrons. The van der Waals surface area contributed by atoms with Gasteiger partial charge in [-0.3, -0.25) is 9.98 Å². The number of rotatable bonds is 23. The lowest BCUT2D eigenvalue weighted by Gasteiger charge is -2.08. The maximum absolute atomic E-state index is 12.6. The summed E-state index contributed by atoms with van der Waals surface area (Å²) in [5, 5.41) is 0. The second-order valence-corrected chi connectivity index (χ2v) is 12.6. The lowest BCUT2D eigenvalue weighted by Crippen LogP contribution is -2.08. The van der Waals surface area contributed by atoms with Gasteiger partial charge < -0.3 is 18.9 Å². The Morgan fingerprint density at radius 3 is 1.13 bits per heavy atom. The summed E-state index contributed by atoms with van der Waals surface area (Å²) in [6.45, 7) is 5.79.